The molecule has 0 saturated carbocycles. The molecule has 2 aromatic rings. The van der Waals surface area contributed by atoms with Gasteiger partial charge in [0, 0.05) is 19.9 Å². The van der Waals surface area contributed by atoms with Crippen molar-refractivity contribution in [3.8, 4) is 10.6 Å². The van der Waals surface area contributed by atoms with E-state index in [9.17, 15) is 4.79 Å². The van der Waals surface area contributed by atoms with Gasteiger partial charge in [-0.15, -0.1) is 11.3 Å². The van der Waals surface area contributed by atoms with E-state index in [4.69, 9.17) is 16.3 Å². The van der Waals surface area contributed by atoms with Crippen molar-refractivity contribution in [1.82, 2.24) is 4.98 Å². The Balaban J connectivity index is 1.97. The highest BCUT2D eigenvalue weighted by molar-refractivity contribution is 9.10. The van der Waals surface area contributed by atoms with Gasteiger partial charge in [0.25, 0.3) is 0 Å². The van der Waals surface area contributed by atoms with E-state index in [1.54, 1.807) is 11.3 Å². The van der Waals surface area contributed by atoms with Crippen LogP contribution in [-0.4, -0.2) is 17.6 Å². The number of carbonyl (C=O) groups is 1. The van der Waals surface area contributed by atoms with E-state index in [0.29, 0.717) is 11.6 Å². The molecule has 3 nitrogen and oxygen atoms in total. The number of carbonyl (C=O) groups excluding carboxylic acids is 1. The monoisotopic (exact) mass is 385 g/mol. The van der Waals surface area contributed by atoms with Crippen molar-refractivity contribution >= 4 is 44.8 Å². The molecule has 1 aromatic carbocycles. The van der Waals surface area contributed by atoms with Crippen LogP contribution >= 0.6 is 38.9 Å². The second-order valence-electron chi connectivity index (χ2n) is 4.79. The van der Waals surface area contributed by atoms with Crippen molar-refractivity contribution in [3.05, 3.63) is 38.3 Å². The van der Waals surface area contributed by atoms with Crippen LogP contribution in [0.1, 0.15) is 29.8 Å². The van der Waals surface area contributed by atoms with Crippen LogP contribution in [0.3, 0.4) is 0 Å². The lowest BCUT2D eigenvalue weighted by Crippen LogP contribution is -2.14. The summed E-state index contributed by atoms with van der Waals surface area (Å²) in [5.74, 6) is -0.388. The van der Waals surface area contributed by atoms with Crippen molar-refractivity contribution in [2.75, 3.05) is 6.61 Å². The standard InChI is InChI=1S/C15H13BrClNO2S/c1-2-20-15(19)9-4-6-12-13(9)18-14(21-12)10-7-8(17)3-5-11(10)16/h3,5,7,9H,2,4,6H2,1H3. The SMILES string of the molecule is CCOC(=O)C1CCc2sc(-c3cc(Cl)ccc3Br)nc21. The number of aromatic nitrogens is 1. The molecule has 0 radical (unpaired) electrons. The van der Waals surface area contributed by atoms with E-state index in [2.05, 4.69) is 20.9 Å². The van der Waals surface area contributed by atoms with E-state index in [0.717, 1.165) is 33.6 Å². The second-order valence-corrected chi connectivity index (χ2v) is 7.17. The zero-order chi connectivity index (χ0) is 15.0. The summed E-state index contributed by atoms with van der Waals surface area (Å²) < 4.78 is 6.09. The van der Waals surface area contributed by atoms with Gasteiger partial charge in [0.15, 0.2) is 0 Å². The predicted octanol–water partition coefficient (Wildman–Crippen LogP) is 4.82. The third-order valence-corrected chi connectivity index (χ3v) is 5.54. The van der Waals surface area contributed by atoms with Crippen LogP contribution in [-0.2, 0) is 16.0 Å². The largest absolute Gasteiger partial charge is 0.465 e. The first-order valence-electron chi connectivity index (χ1n) is 6.71. The minimum atomic E-state index is -0.220. The van der Waals surface area contributed by atoms with Crippen molar-refractivity contribution < 1.29 is 9.53 Å². The number of halogens is 2. The van der Waals surface area contributed by atoms with Crippen LogP contribution in [0.4, 0.5) is 0 Å². The van der Waals surface area contributed by atoms with Crippen LogP contribution < -0.4 is 0 Å². The Morgan fingerprint density at radius 2 is 2.38 bits per heavy atom. The van der Waals surface area contributed by atoms with E-state index >= 15 is 0 Å². The molecule has 110 valence electrons. The molecule has 1 aliphatic rings. The number of hydrogen-bond acceptors (Lipinski definition) is 4. The Labute approximate surface area is 140 Å². The summed E-state index contributed by atoms with van der Waals surface area (Å²) >= 11 is 11.2. The number of esters is 1. The normalized spacial score (nSPS) is 16.8. The quantitative estimate of drug-likeness (QED) is 0.710. The lowest BCUT2D eigenvalue weighted by atomic mass is 10.1. The molecule has 3 rings (SSSR count). The highest BCUT2D eigenvalue weighted by atomic mass is 79.9. The minimum Gasteiger partial charge on any atom is -0.465 e. The number of nitrogens with zero attached hydrogens (tertiary/aromatic N) is 1. The molecule has 0 fully saturated rings. The van der Waals surface area contributed by atoms with Gasteiger partial charge in [-0.1, -0.05) is 27.5 Å². The average molecular weight is 387 g/mol. The van der Waals surface area contributed by atoms with Gasteiger partial charge < -0.3 is 4.74 Å². The molecule has 1 aliphatic carbocycles. The summed E-state index contributed by atoms with van der Waals surface area (Å²) in [6, 6.07) is 5.63. The third kappa shape index (κ3) is 2.87. The molecular weight excluding hydrogens is 374 g/mol. The first-order valence-corrected chi connectivity index (χ1v) is 8.70. The van der Waals surface area contributed by atoms with Gasteiger partial charge >= 0.3 is 5.97 Å². The first kappa shape index (κ1) is 15.0. The maximum Gasteiger partial charge on any atom is 0.315 e. The van der Waals surface area contributed by atoms with Crippen molar-refractivity contribution in [2.24, 2.45) is 0 Å². The molecule has 6 heteroatoms. The smallest absolute Gasteiger partial charge is 0.315 e. The fourth-order valence-electron chi connectivity index (χ4n) is 2.48. The molecule has 0 spiro atoms. The molecule has 0 saturated heterocycles. The number of thiazole rings is 1. The summed E-state index contributed by atoms with van der Waals surface area (Å²) in [7, 11) is 0. The summed E-state index contributed by atoms with van der Waals surface area (Å²) in [4.78, 5) is 17.8. The van der Waals surface area contributed by atoms with Crippen molar-refractivity contribution in [1.29, 1.82) is 0 Å². The zero-order valence-corrected chi connectivity index (χ0v) is 14.5. The van der Waals surface area contributed by atoms with Crippen LogP contribution in [0.5, 0.6) is 0 Å². The van der Waals surface area contributed by atoms with Crippen LogP contribution in [0, 0.1) is 0 Å². The van der Waals surface area contributed by atoms with Gasteiger partial charge in [-0.25, -0.2) is 4.98 Å². The van der Waals surface area contributed by atoms with E-state index in [1.807, 2.05) is 25.1 Å². The Morgan fingerprint density at radius 1 is 1.57 bits per heavy atom. The van der Waals surface area contributed by atoms with Crippen LogP contribution in [0.2, 0.25) is 5.02 Å². The highest BCUT2D eigenvalue weighted by Gasteiger charge is 2.33. The predicted molar refractivity (Wildman–Crippen MR) is 88.0 cm³/mol. The molecule has 1 heterocycles. The molecule has 1 unspecified atom stereocenters. The molecule has 1 atom stereocenters. The van der Waals surface area contributed by atoms with E-state index in [-0.39, 0.29) is 11.9 Å². The maximum atomic E-state index is 12.0. The summed E-state index contributed by atoms with van der Waals surface area (Å²) in [6.45, 7) is 2.23. The van der Waals surface area contributed by atoms with Crippen LogP contribution in [0.25, 0.3) is 10.6 Å². The Hall–Kier alpha value is -0.910. The summed E-state index contributed by atoms with van der Waals surface area (Å²) in [5, 5.41) is 1.56. The molecule has 1 aromatic heterocycles. The zero-order valence-electron chi connectivity index (χ0n) is 11.4. The number of benzene rings is 1. The molecule has 21 heavy (non-hydrogen) atoms. The van der Waals surface area contributed by atoms with Gasteiger partial charge in [0.2, 0.25) is 0 Å². The first-order chi connectivity index (χ1) is 10.1. The number of aryl methyl sites for hydroxylation is 1. The number of rotatable bonds is 3. The molecular formula is C15H13BrClNO2S. The Morgan fingerprint density at radius 3 is 3.14 bits per heavy atom. The molecule has 0 N–H and O–H groups in total. The van der Waals surface area contributed by atoms with Crippen LogP contribution in [0.15, 0.2) is 22.7 Å². The second kappa shape index (κ2) is 6.07. The van der Waals surface area contributed by atoms with E-state index < -0.39 is 0 Å². The topological polar surface area (TPSA) is 39.2 Å². The average Bonchev–Trinajstić information content (AvgIpc) is 3.01. The Bertz CT molecular complexity index is 701. The number of hydrogen-bond donors (Lipinski definition) is 0. The van der Waals surface area contributed by atoms with Crippen molar-refractivity contribution in [3.63, 3.8) is 0 Å². The third-order valence-electron chi connectivity index (χ3n) is 3.45. The molecule has 0 bridgehead atoms. The van der Waals surface area contributed by atoms with Gasteiger partial charge in [0.1, 0.15) is 10.9 Å². The lowest BCUT2D eigenvalue weighted by Gasteiger charge is -2.08. The van der Waals surface area contributed by atoms with Crippen molar-refractivity contribution in [2.45, 2.75) is 25.7 Å². The lowest BCUT2D eigenvalue weighted by molar-refractivity contribution is -0.145. The van der Waals surface area contributed by atoms with Gasteiger partial charge in [-0.3, -0.25) is 4.79 Å². The fourth-order valence-corrected chi connectivity index (χ4v) is 4.38. The minimum absolute atomic E-state index is 0.168. The fraction of sp³-hybridized carbons (Fsp3) is 0.333. The van der Waals surface area contributed by atoms with Gasteiger partial charge in [0.05, 0.1) is 12.3 Å². The maximum absolute atomic E-state index is 12.0. The number of ether oxygens (including phenoxy) is 1. The molecule has 0 aliphatic heterocycles. The Kier molecular flexibility index (Phi) is 4.33. The highest BCUT2D eigenvalue weighted by Crippen LogP contribution is 2.42. The number of fused-ring (bicyclic) bond motifs is 1. The van der Waals surface area contributed by atoms with E-state index in [1.165, 1.54) is 4.88 Å². The van der Waals surface area contributed by atoms with Gasteiger partial charge in [-0.2, -0.15) is 0 Å². The summed E-state index contributed by atoms with van der Waals surface area (Å²) in [5.41, 5.74) is 1.84. The summed E-state index contributed by atoms with van der Waals surface area (Å²) in [6.07, 6.45) is 1.68. The van der Waals surface area contributed by atoms with Gasteiger partial charge in [-0.05, 0) is 38.0 Å². The molecule has 0 amide bonds.